The van der Waals surface area contributed by atoms with Gasteiger partial charge in [0, 0.05) is 0 Å². The van der Waals surface area contributed by atoms with Crippen LogP contribution in [0.1, 0.15) is 13.3 Å². The molecule has 0 radical (unpaired) electrons. The maximum atomic E-state index is 10.5. The Morgan fingerprint density at radius 1 is 1.73 bits per heavy atom. The zero-order valence-electron chi connectivity index (χ0n) is 6.06. The standard InChI is InChI=1S/C6H9NO3S/c1-2-3-6(4-5-7)11(8,9)10/h2-3,6H,4H2,1H3,(H,8,9,10). The maximum Gasteiger partial charge on any atom is 0.272 e. The van der Waals surface area contributed by atoms with Gasteiger partial charge in [-0.05, 0) is 6.92 Å². The van der Waals surface area contributed by atoms with Crippen LogP contribution >= 0.6 is 0 Å². The van der Waals surface area contributed by atoms with Crippen LogP contribution in [0.25, 0.3) is 0 Å². The molecule has 0 aliphatic heterocycles. The van der Waals surface area contributed by atoms with Crippen LogP contribution in [0.3, 0.4) is 0 Å². The third-order valence-electron chi connectivity index (χ3n) is 1.08. The molecule has 62 valence electrons. The molecular weight excluding hydrogens is 166 g/mol. The highest BCUT2D eigenvalue weighted by Crippen LogP contribution is 2.04. The van der Waals surface area contributed by atoms with Crippen LogP contribution in [0.15, 0.2) is 12.2 Å². The molecule has 0 aliphatic carbocycles. The Morgan fingerprint density at radius 3 is 2.55 bits per heavy atom. The van der Waals surface area contributed by atoms with Crippen LogP contribution in [0, 0.1) is 11.3 Å². The molecule has 1 atom stereocenters. The smallest absolute Gasteiger partial charge is 0.272 e. The summed E-state index contributed by atoms with van der Waals surface area (Å²) < 4.78 is 29.4. The zero-order valence-corrected chi connectivity index (χ0v) is 6.87. The van der Waals surface area contributed by atoms with Crippen molar-refractivity contribution in [2.24, 2.45) is 0 Å². The van der Waals surface area contributed by atoms with Gasteiger partial charge in [-0.25, -0.2) is 0 Å². The summed E-state index contributed by atoms with van der Waals surface area (Å²) >= 11 is 0. The molecule has 1 N–H and O–H groups in total. The first-order valence-electron chi connectivity index (χ1n) is 2.98. The van der Waals surface area contributed by atoms with Crippen molar-refractivity contribution in [3.63, 3.8) is 0 Å². The van der Waals surface area contributed by atoms with Crippen molar-refractivity contribution >= 4 is 10.1 Å². The van der Waals surface area contributed by atoms with E-state index in [1.165, 1.54) is 12.2 Å². The first-order chi connectivity index (χ1) is 5.02. The van der Waals surface area contributed by atoms with Gasteiger partial charge in [0.25, 0.3) is 10.1 Å². The molecule has 5 heteroatoms. The number of allylic oxidation sites excluding steroid dienone is 1. The second kappa shape index (κ2) is 4.11. The number of nitrogens with zero attached hydrogens (tertiary/aromatic N) is 1. The third kappa shape index (κ3) is 3.75. The topological polar surface area (TPSA) is 78.2 Å². The molecule has 0 aromatic rings. The van der Waals surface area contributed by atoms with Gasteiger partial charge >= 0.3 is 0 Å². The van der Waals surface area contributed by atoms with Crippen molar-refractivity contribution in [3.8, 4) is 6.07 Å². The third-order valence-corrected chi connectivity index (χ3v) is 2.17. The highest BCUT2D eigenvalue weighted by atomic mass is 32.2. The Kier molecular flexibility index (Phi) is 3.79. The fourth-order valence-corrected chi connectivity index (χ4v) is 1.22. The van der Waals surface area contributed by atoms with E-state index in [2.05, 4.69) is 0 Å². The molecule has 0 heterocycles. The van der Waals surface area contributed by atoms with E-state index in [0.717, 1.165) is 0 Å². The van der Waals surface area contributed by atoms with Crippen molar-refractivity contribution in [2.75, 3.05) is 0 Å². The summed E-state index contributed by atoms with van der Waals surface area (Å²) in [4.78, 5) is 0. The van der Waals surface area contributed by atoms with Gasteiger partial charge in [-0.15, -0.1) is 0 Å². The van der Waals surface area contributed by atoms with E-state index in [1.807, 2.05) is 0 Å². The first kappa shape index (κ1) is 10.1. The molecule has 0 bridgehead atoms. The van der Waals surface area contributed by atoms with Crippen molar-refractivity contribution in [1.29, 1.82) is 5.26 Å². The van der Waals surface area contributed by atoms with E-state index in [-0.39, 0.29) is 6.42 Å². The molecule has 11 heavy (non-hydrogen) atoms. The highest BCUT2D eigenvalue weighted by Gasteiger charge is 2.18. The average Bonchev–Trinajstić information content (AvgIpc) is 1.85. The van der Waals surface area contributed by atoms with Crippen molar-refractivity contribution < 1.29 is 13.0 Å². The van der Waals surface area contributed by atoms with Gasteiger partial charge < -0.3 is 0 Å². The quantitative estimate of drug-likeness (QED) is 0.506. The molecule has 0 spiro atoms. The lowest BCUT2D eigenvalue weighted by Gasteiger charge is -2.02. The molecule has 4 nitrogen and oxygen atoms in total. The van der Waals surface area contributed by atoms with Crippen LogP contribution in [-0.2, 0) is 10.1 Å². The van der Waals surface area contributed by atoms with E-state index in [9.17, 15) is 8.42 Å². The molecular formula is C6H9NO3S. The molecule has 0 fully saturated rings. The van der Waals surface area contributed by atoms with Crippen molar-refractivity contribution in [1.82, 2.24) is 0 Å². The first-order valence-corrected chi connectivity index (χ1v) is 4.48. The summed E-state index contributed by atoms with van der Waals surface area (Å²) in [6.07, 6.45) is 2.54. The van der Waals surface area contributed by atoms with E-state index in [1.54, 1.807) is 13.0 Å². The van der Waals surface area contributed by atoms with Gasteiger partial charge in [-0.2, -0.15) is 13.7 Å². The van der Waals surface area contributed by atoms with Crippen LogP contribution in [0.4, 0.5) is 0 Å². The SMILES string of the molecule is CC=CC(CC#N)S(=O)(=O)O. The minimum atomic E-state index is -4.10. The molecule has 0 aromatic heterocycles. The van der Waals surface area contributed by atoms with Gasteiger partial charge in [0.1, 0.15) is 5.25 Å². The highest BCUT2D eigenvalue weighted by molar-refractivity contribution is 7.86. The minimum absolute atomic E-state index is 0.219. The van der Waals surface area contributed by atoms with Crippen LogP contribution in [0.2, 0.25) is 0 Å². The average molecular weight is 175 g/mol. The number of hydrogen-bond acceptors (Lipinski definition) is 3. The molecule has 0 aromatic carbocycles. The second-order valence-electron chi connectivity index (χ2n) is 1.94. The lowest BCUT2D eigenvalue weighted by molar-refractivity contribution is 0.475. The second-order valence-corrected chi connectivity index (χ2v) is 3.58. The number of rotatable bonds is 3. The summed E-state index contributed by atoms with van der Waals surface area (Å²) in [7, 11) is -4.10. The summed E-state index contributed by atoms with van der Waals surface area (Å²) in [5.41, 5.74) is 0. The summed E-state index contributed by atoms with van der Waals surface area (Å²) in [6.45, 7) is 1.62. The fraction of sp³-hybridized carbons (Fsp3) is 0.500. The van der Waals surface area contributed by atoms with E-state index >= 15 is 0 Å². The van der Waals surface area contributed by atoms with E-state index < -0.39 is 15.4 Å². The molecule has 0 rings (SSSR count). The molecule has 0 amide bonds. The Bertz CT molecular complexity index is 273. The Hall–Kier alpha value is -0.860. The monoisotopic (exact) mass is 175 g/mol. The predicted molar refractivity (Wildman–Crippen MR) is 40.4 cm³/mol. The molecule has 0 saturated heterocycles. The van der Waals surface area contributed by atoms with Crippen LogP contribution in [-0.4, -0.2) is 18.2 Å². The van der Waals surface area contributed by atoms with E-state index in [4.69, 9.17) is 9.81 Å². The Morgan fingerprint density at radius 2 is 2.27 bits per heavy atom. The Labute approximate surface area is 65.9 Å². The van der Waals surface area contributed by atoms with Crippen molar-refractivity contribution in [2.45, 2.75) is 18.6 Å². The lowest BCUT2D eigenvalue weighted by Crippen LogP contribution is -2.16. The van der Waals surface area contributed by atoms with Gasteiger partial charge in [0.05, 0.1) is 12.5 Å². The number of nitriles is 1. The maximum absolute atomic E-state index is 10.5. The largest absolute Gasteiger partial charge is 0.285 e. The molecule has 0 saturated carbocycles. The summed E-state index contributed by atoms with van der Waals surface area (Å²) in [5, 5.41) is 7.08. The van der Waals surface area contributed by atoms with Crippen molar-refractivity contribution in [3.05, 3.63) is 12.2 Å². The summed E-state index contributed by atoms with van der Waals surface area (Å²) in [5.74, 6) is 0. The lowest BCUT2D eigenvalue weighted by atomic mass is 10.3. The minimum Gasteiger partial charge on any atom is -0.285 e. The Balaban J connectivity index is 4.51. The predicted octanol–water partition coefficient (Wildman–Crippen LogP) is 0.733. The summed E-state index contributed by atoms with van der Waals surface area (Å²) in [6, 6.07) is 1.67. The normalized spacial score (nSPS) is 14.6. The van der Waals surface area contributed by atoms with E-state index in [0.29, 0.717) is 0 Å². The van der Waals surface area contributed by atoms with Gasteiger partial charge in [-0.1, -0.05) is 12.2 Å². The van der Waals surface area contributed by atoms with Gasteiger partial charge in [0.2, 0.25) is 0 Å². The molecule has 0 aliphatic rings. The zero-order chi connectivity index (χ0) is 8.91. The van der Waals surface area contributed by atoms with Gasteiger partial charge in [-0.3, -0.25) is 4.55 Å². The number of hydrogen-bond donors (Lipinski definition) is 1. The van der Waals surface area contributed by atoms with Crippen LogP contribution < -0.4 is 0 Å². The van der Waals surface area contributed by atoms with Gasteiger partial charge in [0.15, 0.2) is 0 Å². The fourth-order valence-electron chi connectivity index (χ4n) is 0.577. The molecule has 1 unspecified atom stereocenters. The van der Waals surface area contributed by atoms with Crippen LogP contribution in [0.5, 0.6) is 0 Å².